The predicted molar refractivity (Wildman–Crippen MR) is 57.1 cm³/mol. The van der Waals surface area contributed by atoms with Crippen LogP contribution in [0.2, 0.25) is 0 Å². The van der Waals surface area contributed by atoms with E-state index in [1.807, 2.05) is 0 Å². The molecular weight excluding hydrogens is 259 g/mol. The topological polar surface area (TPSA) is 18.5 Å². The molecule has 17 heavy (non-hydrogen) atoms. The first kappa shape index (κ1) is 17.5. The Bertz CT molecular complexity index is 383. The minimum absolute atomic E-state index is 0. The van der Waals surface area contributed by atoms with Crippen molar-refractivity contribution in [1.29, 1.82) is 0 Å². The van der Waals surface area contributed by atoms with Crippen LogP contribution >= 0.6 is 0 Å². The second kappa shape index (κ2) is 7.16. The molecule has 7 heteroatoms. The van der Waals surface area contributed by atoms with Crippen molar-refractivity contribution in [2.45, 2.75) is 13.8 Å². The van der Waals surface area contributed by atoms with Gasteiger partial charge >= 0.3 is 58.4 Å². The van der Waals surface area contributed by atoms with Gasteiger partial charge in [0.05, 0.1) is 5.75 Å². The van der Waals surface area contributed by atoms with E-state index >= 15 is 0 Å². The van der Waals surface area contributed by atoms with Gasteiger partial charge in [-0.25, -0.2) is 0 Å². The Morgan fingerprint density at radius 1 is 1.18 bits per heavy atom. The first-order valence-corrected chi connectivity index (χ1v) is 4.79. The first-order chi connectivity index (χ1) is 7.36. The fourth-order valence-electron chi connectivity index (χ4n) is 1.60. The summed E-state index contributed by atoms with van der Waals surface area (Å²) in [5.41, 5.74) is 0.230. The van der Waals surface area contributed by atoms with Crippen LogP contribution in [0.15, 0.2) is 12.1 Å². The summed E-state index contributed by atoms with van der Waals surface area (Å²) in [7, 11) is 1.36. The maximum Gasteiger partial charge on any atom is 1.00 e. The monoisotopic (exact) mass is 272 g/mol. The molecule has 0 aliphatic rings. The molecule has 0 bridgehead atoms. The van der Waals surface area contributed by atoms with Crippen molar-refractivity contribution in [3.8, 4) is 5.75 Å². The molecule has 90 valence electrons. The van der Waals surface area contributed by atoms with E-state index < -0.39 is 12.4 Å². The number of hydrogen-bond donors (Lipinski definition) is 0. The maximum absolute atomic E-state index is 12.8. The fourth-order valence-corrected chi connectivity index (χ4v) is 1.60. The zero-order chi connectivity index (χ0) is 12.3. The Kier molecular flexibility index (Phi) is 7.36. The summed E-state index contributed by atoms with van der Waals surface area (Å²) in [6, 6.07) is 2.86. The Morgan fingerprint density at radius 3 is 2.24 bits per heavy atom. The third-order valence-electron chi connectivity index (χ3n) is 2.15. The molecule has 0 aromatic heterocycles. The minimum Gasteiger partial charge on any atom is -0.471 e. The van der Waals surface area contributed by atoms with E-state index in [2.05, 4.69) is 4.74 Å². The minimum atomic E-state index is -5.07. The molecule has 0 saturated heterocycles. The van der Waals surface area contributed by atoms with Crippen LogP contribution in [0.25, 0.3) is 0 Å². The number of hydrogen-bond acceptors (Lipinski definition) is 2. The second-order valence-corrected chi connectivity index (χ2v) is 3.62. The van der Waals surface area contributed by atoms with Crippen molar-refractivity contribution >= 4 is 12.4 Å². The predicted octanol–water partition coefficient (Wildman–Crippen LogP) is -0.655. The van der Waals surface area contributed by atoms with Gasteiger partial charge in [0.1, 0.15) is 0 Å². The van der Waals surface area contributed by atoms with Crippen LogP contribution in [-0.2, 0) is 4.74 Å². The van der Waals surface area contributed by atoms with Gasteiger partial charge in [0.2, 0.25) is 0 Å². The quantitative estimate of drug-likeness (QED) is 0.535. The molecule has 0 unspecified atom stereocenters. The molecule has 1 aromatic carbocycles. The Morgan fingerprint density at radius 2 is 1.76 bits per heavy atom. The summed E-state index contributed by atoms with van der Waals surface area (Å²) in [6.45, 7) is -2.12. The number of ether oxygens (including phenoxy) is 2. The molecule has 0 amide bonds. The number of aryl methyl sites for hydroxylation is 2. The van der Waals surface area contributed by atoms with Crippen molar-refractivity contribution in [2.24, 2.45) is 0 Å². The smallest absolute Gasteiger partial charge is 0.471 e. The largest absolute Gasteiger partial charge is 1.00 e. The van der Waals surface area contributed by atoms with Gasteiger partial charge < -0.3 is 22.4 Å². The SMILES string of the molecule is COCOc1cc(C)cc(C)c1[B-](F)(F)F.[K+]. The number of benzene rings is 1. The van der Waals surface area contributed by atoms with E-state index in [9.17, 15) is 12.9 Å². The number of halogens is 3. The van der Waals surface area contributed by atoms with Gasteiger partial charge in [-0.15, -0.1) is 0 Å². The molecule has 0 spiro atoms. The first-order valence-electron chi connectivity index (χ1n) is 4.79. The molecule has 1 aromatic rings. The van der Waals surface area contributed by atoms with E-state index in [0.717, 1.165) is 5.56 Å². The summed E-state index contributed by atoms with van der Waals surface area (Å²) in [5, 5.41) is 0. The van der Waals surface area contributed by atoms with Crippen molar-refractivity contribution in [3.05, 3.63) is 23.3 Å². The van der Waals surface area contributed by atoms with Gasteiger partial charge in [0.15, 0.2) is 6.79 Å². The second-order valence-electron chi connectivity index (χ2n) is 3.62. The van der Waals surface area contributed by atoms with Gasteiger partial charge in [-0.2, -0.15) is 0 Å². The van der Waals surface area contributed by atoms with E-state index in [1.54, 1.807) is 6.92 Å². The van der Waals surface area contributed by atoms with E-state index in [1.165, 1.54) is 26.2 Å². The van der Waals surface area contributed by atoms with Crippen molar-refractivity contribution in [1.82, 2.24) is 0 Å². The van der Waals surface area contributed by atoms with Crippen LogP contribution in [0, 0.1) is 13.8 Å². The van der Waals surface area contributed by atoms with Crippen LogP contribution in [-0.4, -0.2) is 20.9 Å². The van der Waals surface area contributed by atoms with Crippen LogP contribution in [0.4, 0.5) is 12.9 Å². The Balaban J connectivity index is 0.00000256. The molecule has 0 atom stereocenters. The summed E-state index contributed by atoms with van der Waals surface area (Å²) >= 11 is 0. The van der Waals surface area contributed by atoms with Crippen molar-refractivity contribution in [2.75, 3.05) is 13.9 Å². The van der Waals surface area contributed by atoms with Gasteiger partial charge in [-0.05, 0) is 25.5 Å². The van der Waals surface area contributed by atoms with Gasteiger partial charge in [0.25, 0.3) is 0 Å². The van der Waals surface area contributed by atoms with Gasteiger partial charge in [0, 0.05) is 7.11 Å². The van der Waals surface area contributed by atoms with Gasteiger partial charge in [-0.1, -0.05) is 17.1 Å². The molecule has 0 fully saturated rings. The zero-order valence-electron chi connectivity index (χ0n) is 10.4. The van der Waals surface area contributed by atoms with Crippen LogP contribution in [0.3, 0.4) is 0 Å². The van der Waals surface area contributed by atoms with Crippen LogP contribution in [0.5, 0.6) is 5.75 Å². The zero-order valence-corrected chi connectivity index (χ0v) is 13.5. The van der Waals surface area contributed by atoms with Gasteiger partial charge in [-0.3, -0.25) is 0 Å². The third kappa shape index (κ3) is 4.92. The summed E-state index contributed by atoms with van der Waals surface area (Å²) in [5.74, 6) is -0.160. The third-order valence-corrected chi connectivity index (χ3v) is 2.15. The molecule has 0 aliphatic carbocycles. The molecule has 2 nitrogen and oxygen atoms in total. The summed E-state index contributed by atoms with van der Waals surface area (Å²) < 4.78 is 48.0. The number of methoxy groups -OCH3 is 1. The molecule has 1 rings (SSSR count). The van der Waals surface area contributed by atoms with Crippen molar-refractivity contribution in [3.63, 3.8) is 0 Å². The standard InChI is InChI=1S/C10H13BF3O2.K/c1-7-4-8(2)10(11(12,13)14)9(5-7)16-6-15-3;/h4-5H,6H2,1-3H3;/q-1;+1. The molecular formula is C10H13BF3KO2. The number of rotatable bonds is 4. The van der Waals surface area contributed by atoms with E-state index in [0.29, 0.717) is 0 Å². The molecule has 0 N–H and O–H groups in total. The Labute approximate surface area is 141 Å². The maximum atomic E-state index is 12.8. The van der Waals surface area contributed by atoms with Crippen molar-refractivity contribution < 1.29 is 73.8 Å². The fraction of sp³-hybridized carbons (Fsp3) is 0.400. The summed E-state index contributed by atoms with van der Waals surface area (Å²) in [6.07, 6.45) is 0. The Hall–Kier alpha value is 0.471. The van der Waals surface area contributed by atoms with E-state index in [-0.39, 0.29) is 69.5 Å². The normalized spacial score (nSPS) is 10.9. The molecule has 0 aliphatic heterocycles. The average Bonchev–Trinajstić information content (AvgIpc) is 2.10. The average molecular weight is 272 g/mol. The van der Waals surface area contributed by atoms with Crippen LogP contribution in [0.1, 0.15) is 11.1 Å². The molecule has 0 saturated carbocycles. The van der Waals surface area contributed by atoms with E-state index in [4.69, 9.17) is 4.74 Å². The summed E-state index contributed by atoms with van der Waals surface area (Å²) in [4.78, 5) is 0. The molecule has 0 radical (unpaired) electrons. The molecule has 0 heterocycles. The van der Waals surface area contributed by atoms with Crippen LogP contribution < -0.4 is 61.6 Å².